The van der Waals surface area contributed by atoms with E-state index in [1.165, 1.54) is 30.5 Å². The Morgan fingerprint density at radius 1 is 0.972 bits per heavy atom. The maximum absolute atomic E-state index is 14.5. The average Bonchev–Trinajstić information content (AvgIpc) is 3.80. The van der Waals surface area contributed by atoms with Crippen LogP contribution in [0.25, 0.3) is 0 Å². The summed E-state index contributed by atoms with van der Waals surface area (Å²) >= 11 is 0. The summed E-state index contributed by atoms with van der Waals surface area (Å²) in [6.45, 7) is 1.20. The van der Waals surface area contributed by atoms with Gasteiger partial charge in [0.05, 0.1) is 17.1 Å². The molecule has 0 aromatic heterocycles. The number of nitrogen functional groups attached to an aromatic ring is 1. The van der Waals surface area contributed by atoms with Crippen LogP contribution in [0.4, 0.5) is 26.2 Å². The molecule has 2 unspecified atom stereocenters. The number of halogens is 1. The molecule has 2 atom stereocenters. The average molecular weight is 489 g/mol. The zero-order chi connectivity index (χ0) is 25.1. The summed E-state index contributed by atoms with van der Waals surface area (Å²) in [6, 6.07) is 19.2. The van der Waals surface area contributed by atoms with Gasteiger partial charge in [-0.15, -0.1) is 0 Å². The number of ether oxygens (including phenoxy) is 1. The van der Waals surface area contributed by atoms with Crippen LogP contribution in [0, 0.1) is 11.7 Å². The minimum absolute atomic E-state index is 0.0702. The van der Waals surface area contributed by atoms with Crippen LogP contribution < -0.4 is 21.7 Å². The number of benzene rings is 3. The van der Waals surface area contributed by atoms with Crippen molar-refractivity contribution >= 4 is 29.1 Å². The molecule has 7 nitrogen and oxygen atoms in total. The number of anilines is 3. The minimum atomic E-state index is -0.779. The summed E-state index contributed by atoms with van der Waals surface area (Å²) in [5.74, 6) is 0.169. The van der Waals surface area contributed by atoms with Crippen molar-refractivity contribution in [2.24, 2.45) is 5.92 Å². The molecule has 36 heavy (non-hydrogen) atoms. The highest BCUT2D eigenvalue weighted by molar-refractivity contribution is 6.06. The fraction of sp³-hybridized carbons (Fsp3) is 0.286. The Labute approximate surface area is 209 Å². The molecule has 2 aliphatic carbocycles. The van der Waals surface area contributed by atoms with E-state index in [1.54, 1.807) is 24.3 Å². The van der Waals surface area contributed by atoms with Gasteiger partial charge in [-0.3, -0.25) is 10.1 Å². The second-order valence-electron chi connectivity index (χ2n) is 9.48. The zero-order valence-electron chi connectivity index (χ0n) is 19.8. The van der Waals surface area contributed by atoms with Gasteiger partial charge >= 0.3 is 6.09 Å². The molecular weight excluding hydrogens is 459 g/mol. The van der Waals surface area contributed by atoms with Gasteiger partial charge in [0.15, 0.2) is 0 Å². The summed E-state index contributed by atoms with van der Waals surface area (Å²) in [4.78, 5) is 24.6. The SMILES string of the molecule is Nc1ccccc1NC(=O)c1ccc(NC(=O)OCc2ccc(C3CC3NCC3CC3)cc2)c(F)c1. The number of para-hydroxylation sites is 2. The lowest BCUT2D eigenvalue weighted by atomic mass is 10.1. The third-order valence-electron chi connectivity index (χ3n) is 6.61. The van der Waals surface area contributed by atoms with Crippen molar-refractivity contribution in [3.05, 3.63) is 89.2 Å². The van der Waals surface area contributed by atoms with Gasteiger partial charge in [-0.2, -0.15) is 0 Å². The van der Waals surface area contributed by atoms with Gasteiger partial charge in [-0.1, -0.05) is 36.4 Å². The number of hydrogen-bond acceptors (Lipinski definition) is 5. The topological polar surface area (TPSA) is 105 Å². The molecule has 8 heteroatoms. The van der Waals surface area contributed by atoms with E-state index >= 15 is 0 Å². The Kier molecular flexibility index (Phi) is 6.86. The predicted molar refractivity (Wildman–Crippen MR) is 137 cm³/mol. The van der Waals surface area contributed by atoms with Crippen LogP contribution in [0.2, 0.25) is 0 Å². The fourth-order valence-electron chi connectivity index (χ4n) is 4.15. The number of nitrogens with two attached hydrogens (primary N) is 1. The van der Waals surface area contributed by atoms with Crippen LogP contribution in [-0.4, -0.2) is 24.6 Å². The lowest BCUT2D eigenvalue weighted by Crippen LogP contribution is -2.20. The van der Waals surface area contributed by atoms with Crippen molar-refractivity contribution in [1.82, 2.24) is 5.32 Å². The van der Waals surface area contributed by atoms with E-state index in [0.29, 0.717) is 23.3 Å². The zero-order valence-corrected chi connectivity index (χ0v) is 19.8. The Bertz CT molecular complexity index is 1260. The molecule has 0 bridgehead atoms. The van der Waals surface area contributed by atoms with Crippen LogP contribution >= 0.6 is 0 Å². The minimum Gasteiger partial charge on any atom is -0.444 e. The number of hydrogen-bond donors (Lipinski definition) is 4. The summed E-state index contributed by atoms with van der Waals surface area (Å²) in [5, 5.41) is 8.66. The molecule has 2 saturated carbocycles. The molecule has 5 rings (SSSR count). The molecule has 2 aliphatic rings. The first-order valence-corrected chi connectivity index (χ1v) is 12.2. The van der Waals surface area contributed by atoms with Gasteiger partial charge in [0.2, 0.25) is 0 Å². The van der Waals surface area contributed by atoms with E-state index in [-0.39, 0.29) is 17.9 Å². The first-order chi connectivity index (χ1) is 17.5. The van der Waals surface area contributed by atoms with Gasteiger partial charge in [0, 0.05) is 17.5 Å². The van der Waals surface area contributed by atoms with Crippen LogP contribution in [0.15, 0.2) is 66.7 Å². The Balaban J connectivity index is 1.09. The van der Waals surface area contributed by atoms with E-state index in [1.807, 2.05) is 12.1 Å². The highest BCUT2D eigenvalue weighted by Gasteiger charge is 2.38. The Morgan fingerprint density at radius 3 is 2.47 bits per heavy atom. The van der Waals surface area contributed by atoms with Crippen LogP contribution in [0.3, 0.4) is 0 Å². The third kappa shape index (κ3) is 6.01. The van der Waals surface area contributed by atoms with Gasteiger partial charge in [-0.25, -0.2) is 9.18 Å². The lowest BCUT2D eigenvalue weighted by molar-refractivity contribution is 0.102. The largest absolute Gasteiger partial charge is 0.444 e. The third-order valence-corrected chi connectivity index (χ3v) is 6.61. The second-order valence-corrected chi connectivity index (χ2v) is 9.48. The highest BCUT2D eigenvalue weighted by Crippen LogP contribution is 2.41. The fourth-order valence-corrected chi connectivity index (χ4v) is 4.15. The Hall–Kier alpha value is -3.91. The second kappa shape index (κ2) is 10.4. The van der Waals surface area contributed by atoms with Crippen LogP contribution in [0.1, 0.15) is 46.7 Å². The first-order valence-electron chi connectivity index (χ1n) is 12.2. The molecule has 0 heterocycles. The van der Waals surface area contributed by atoms with E-state index < -0.39 is 17.8 Å². The van der Waals surface area contributed by atoms with Crippen molar-refractivity contribution < 1.29 is 18.7 Å². The maximum Gasteiger partial charge on any atom is 0.412 e. The van der Waals surface area contributed by atoms with E-state index in [2.05, 4.69) is 28.1 Å². The van der Waals surface area contributed by atoms with Crippen molar-refractivity contribution in [2.75, 3.05) is 22.9 Å². The van der Waals surface area contributed by atoms with Crippen LogP contribution in [0.5, 0.6) is 0 Å². The van der Waals surface area contributed by atoms with E-state index in [9.17, 15) is 14.0 Å². The number of amides is 2. The molecule has 3 aromatic carbocycles. The molecular formula is C28H29FN4O3. The molecule has 2 fully saturated rings. The maximum atomic E-state index is 14.5. The standard InChI is InChI=1S/C28H29FN4O3/c29-22-13-20(27(34)32-25-4-2-1-3-23(25)30)11-12-24(22)33-28(35)36-16-18-7-9-19(10-8-18)21-14-26(21)31-15-17-5-6-17/h1-4,7-13,17,21,26,31H,5-6,14-16,30H2,(H,32,34)(H,33,35). The van der Waals surface area contributed by atoms with Gasteiger partial charge < -0.3 is 21.1 Å². The van der Waals surface area contributed by atoms with Gasteiger partial charge in [0.1, 0.15) is 12.4 Å². The molecule has 5 N–H and O–H groups in total. The summed E-state index contributed by atoms with van der Waals surface area (Å²) < 4.78 is 19.8. The number of carbonyl (C=O) groups excluding carboxylic acids is 2. The van der Waals surface area contributed by atoms with Gasteiger partial charge in [0.25, 0.3) is 5.91 Å². The molecule has 2 amide bonds. The monoisotopic (exact) mass is 488 g/mol. The highest BCUT2D eigenvalue weighted by atomic mass is 19.1. The summed E-state index contributed by atoms with van der Waals surface area (Å²) in [6.07, 6.45) is 3.09. The Morgan fingerprint density at radius 2 is 1.75 bits per heavy atom. The predicted octanol–water partition coefficient (Wildman–Crippen LogP) is 5.26. The van der Waals surface area contributed by atoms with Crippen molar-refractivity contribution in [1.29, 1.82) is 0 Å². The first kappa shape index (κ1) is 23.8. The lowest BCUT2D eigenvalue weighted by Gasteiger charge is -2.11. The van der Waals surface area contributed by atoms with E-state index in [4.69, 9.17) is 10.5 Å². The molecule has 0 radical (unpaired) electrons. The normalized spacial score (nSPS) is 18.4. The molecule has 0 spiro atoms. The smallest absolute Gasteiger partial charge is 0.412 e. The van der Waals surface area contributed by atoms with Gasteiger partial charge in [-0.05, 0) is 73.2 Å². The number of nitrogens with one attached hydrogen (secondary N) is 3. The van der Waals surface area contributed by atoms with Crippen molar-refractivity contribution in [2.45, 2.75) is 37.8 Å². The molecule has 3 aromatic rings. The summed E-state index contributed by atoms with van der Waals surface area (Å²) in [7, 11) is 0. The van der Waals surface area contributed by atoms with Crippen LogP contribution in [-0.2, 0) is 11.3 Å². The molecule has 0 aliphatic heterocycles. The summed E-state index contributed by atoms with van der Waals surface area (Å²) in [5.41, 5.74) is 8.82. The van der Waals surface area contributed by atoms with Crippen molar-refractivity contribution in [3.63, 3.8) is 0 Å². The molecule has 186 valence electrons. The molecule has 0 saturated heterocycles. The number of carbonyl (C=O) groups is 2. The van der Waals surface area contributed by atoms with E-state index in [0.717, 1.165) is 30.5 Å². The number of rotatable bonds is 9. The quantitative estimate of drug-likeness (QED) is 0.307. The van der Waals surface area contributed by atoms with Crippen molar-refractivity contribution in [3.8, 4) is 0 Å².